The first-order chi connectivity index (χ1) is 5.37. The minimum absolute atomic E-state index is 2.72. The minimum Gasteiger partial charge on any atom is -0.362 e. The van der Waals surface area contributed by atoms with E-state index >= 15 is 0 Å². The molecule has 4 atom stereocenters. The molecule has 0 spiro atoms. The second kappa shape index (κ2) is 4.73. The lowest BCUT2D eigenvalue weighted by atomic mass is 10.3. The molecule has 0 aliphatic heterocycles. The summed E-state index contributed by atoms with van der Waals surface area (Å²) >= 11 is -3.21. The van der Waals surface area contributed by atoms with E-state index in [0.717, 1.165) is 0 Å². The summed E-state index contributed by atoms with van der Waals surface area (Å²) in [5.41, 5.74) is 0. The highest BCUT2D eigenvalue weighted by atomic mass is 32.2. The molecule has 3 nitrogen and oxygen atoms in total. The normalized spacial score (nSPS) is 21.9. The van der Waals surface area contributed by atoms with Crippen LogP contribution in [0.25, 0.3) is 0 Å². The second-order valence-electron chi connectivity index (χ2n) is 1.89. The third-order valence-electron chi connectivity index (χ3n) is 1.06. The lowest BCUT2D eigenvalue weighted by Crippen LogP contribution is -2.39. The fourth-order valence-corrected chi connectivity index (χ4v) is 1.02. The van der Waals surface area contributed by atoms with E-state index in [-0.39, 0.29) is 0 Å². The number of rotatable bonds is 4. The van der Waals surface area contributed by atoms with Crippen LogP contribution in [0.2, 0.25) is 0 Å². The molecule has 0 aromatic rings. The average Bonchev–Trinajstić information content (AvgIpc) is 1.85. The Morgan fingerprint density at radius 1 is 1.17 bits per heavy atom. The molecule has 0 saturated carbocycles. The maximum atomic E-state index is 12.2. The molecule has 0 aromatic carbocycles. The largest absolute Gasteiger partial charge is 0.362 e. The maximum Gasteiger partial charge on any atom is 0.258 e. The first-order valence-electron chi connectivity index (χ1n) is 2.72. The Balaban J connectivity index is 4.40. The Labute approximate surface area is 67.7 Å². The van der Waals surface area contributed by atoms with Crippen molar-refractivity contribution < 1.29 is 31.4 Å². The summed E-state index contributed by atoms with van der Waals surface area (Å²) in [6.07, 6.45) is -9.74. The fraction of sp³-hybridized carbons (Fsp3) is 1.00. The van der Waals surface area contributed by atoms with Gasteiger partial charge in [0.05, 0.1) is 0 Å². The summed E-state index contributed by atoms with van der Waals surface area (Å²) in [7, 11) is 0. The monoisotopic (exact) mass is 210 g/mol. The Bertz CT molecular complexity index is 164. The molecule has 0 aliphatic carbocycles. The van der Waals surface area contributed by atoms with Crippen molar-refractivity contribution in [3.63, 3.8) is 0 Å². The molecule has 74 valence electrons. The van der Waals surface area contributed by atoms with Crippen molar-refractivity contribution in [3.05, 3.63) is 0 Å². The van der Waals surface area contributed by atoms with Gasteiger partial charge in [-0.25, -0.2) is 21.8 Å². The van der Waals surface area contributed by atoms with Gasteiger partial charge in [0.2, 0.25) is 6.36 Å². The Morgan fingerprint density at radius 2 is 1.58 bits per heavy atom. The predicted octanol–water partition coefficient (Wildman–Crippen LogP) is 0.468. The van der Waals surface area contributed by atoms with Crippen LogP contribution in [0.15, 0.2) is 0 Å². The SMILES string of the molecule is O=S(O)C(C(F)F)C(F)C(O)F. The Hall–Kier alpha value is -0.210. The number of alkyl halides is 4. The van der Waals surface area contributed by atoms with Crippen LogP contribution in [0.4, 0.5) is 17.6 Å². The highest BCUT2D eigenvalue weighted by Crippen LogP contribution is 2.18. The summed E-state index contributed by atoms with van der Waals surface area (Å²) < 4.78 is 65.4. The molecule has 0 saturated heterocycles. The Morgan fingerprint density at radius 3 is 1.67 bits per heavy atom. The van der Waals surface area contributed by atoms with Crippen molar-refractivity contribution in [2.24, 2.45) is 0 Å². The van der Waals surface area contributed by atoms with Gasteiger partial charge in [0.1, 0.15) is 0 Å². The number of aliphatic hydroxyl groups excluding tert-OH is 1. The van der Waals surface area contributed by atoms with Crippen LogP contribution in [0.1, 0.15) is 0 Å². The average molecular weight is 210 g/mol. The first kappa shape index (κ1) is 11.8. The molecule has 0 radical (unpaired) electrons. The molecule has 8 heteroatoms. The van der Waals surface area contributed by atoms with E-state index in [1.807, 2.05) is 0 Å². The van der Waals surface area contributed by atoms with Gasteiger partial charge >= 0.3 is 0 Å². The molecule has 0 rings (SSSR count). The molecule has 2 N–H and O–H groups in total. The van der Waals surface area contributed by atoms with E-state index in [9.17, 15) is 21.8 Å². The van der Waals surface area contributed by atoms with Crippen LogP contribution in [0.3, 0.4) is 0 Å². The van der Waals surface area contributed by atoms with Gasteiger partial charge < -0.3 is 9.66 Å². The standard InChI is InChI=1S/C4H6F4O3S/c5-1(4(8)9)2(3(6)7)12(10)11/h1-4,9H,(H,10,11). The lowest BCUT2D eigenvalue weighted by molar-refractivity contribution is -0.0468. The van der Waals surface area contributed by atoms with Gasteiger partial charge in [-0.3, -0.25) is 0 Å². The van der Waals surface area contributed by atoms with Crippen molar-refractivity contribution >= 4 is 11.1 Å². The minimum atomic E-state index is -3.50. The van der Waals surface area contributed by atoms with Crippen LogP contribution >= 0.6 is 0 Å². The van der Waals surface area contributed by atoms with Gasteiger partial charge in [-0.1, -0.05) is 0 Å². The van der Waals surface area contributed by atoms with Crippen molar-refractivity contribution in [2.75, 3.05) is 0 Å². The Kier molecular flexibility index (Phi) is 4.64. The molecule has 0 amide bonds. The molecule has 0 fully saturated rings. The van der Waals surface area contributed by atoms with Crippen LogP contribution in [-0.2, 0) is 11.1 Å². The van der Waals surface area contributed by atoms with Gasteiger partial charge in [-0.2, -0.15) is 0 Å². The summed E-state index contributed by atoms with van der Waals surface area (Å²) in [5.74, 6) is 0. The van der Waals surface area contributed by atoms with E-state index in [0.29, 0.717) is 0 Å². The quantitative estimate of drug-likeness (QED) is 0.523. The lowest BCUT2D eigenvalue weighted by Gasteiger charge is -2.16. The summed E-state index contributed by atoms with van der Waals surface area (Å²) in [4.78, 5) is 0. The van der Waals surface area contributed by atoms with E-state index in [1.54, 1.807) is 0 Å². The molecular weight excluding hydrogens is 204 g/mol. The summed E-state index contributed by atoms with van der Waals surface area (Å²) in [6, 6.07) is 0. The molecule has 12 heavy (non-hydrogen) atoms. The predicted molar refractivity (Wildman–Crippen MR) is 32.6 cm³/mol. The molecule has 0 aromatic heterocycles. The van der Waals surface area contributed by atoms with Gasteiger partial charge in [0, 0.05) is 0 Å². The highest BCUT2D eigenvalue weighted by Gasteiger charge is 2.39. The number of halogens is 4. The molecule has 0 heterocycles. The van der Waals surface area contributed by atoms with Crippen molar-refractivity contribution in [3.8, 4) is 0 Å². The van der Waals surface area contributed by atoms with Crippen molar-refractivity contribution in [2.45, 2.75) is 24.2 Å². The van der Waals surface area contributed by atoms with Gasteiger partial charge in [0.25, 0.3) is 6.43 Å². The van der Waals surface area contributed by atoms with E-state index in [4.69, 9.17) is 9.66 Å². The number of aliphatic hydroxyl groups is 1. The topological polar surface area (TPSA) is 57.5 Å². The summed E-state index contributed by atoms with van der Waals surface area (Å²) in [6.45, 7) is 0. The molecule has 0 aliphatic rings. The van der Waals surface area contributed by atoms with Crippen LogP contribution in [0.5, 0.6) is 0 Å². The first-order valence-corrected chi connectivity index (χ1v) is 3.89. The zero-order valence-electron chi connectivity index (χ0n) is 5.53. The molecule has 0 bridgehead atoms. The highest BCUT2D eigenvalue weighted by molar-refractivity contribution is 7.80. The molecule has 4 unspecified atom stereocenters. The number of hydrogen-bond acceptors (Lipinski definition) is 2. The van der Waals surface area contributed by atoms with Crippen LogP contribution in [-0.4, -0.2) is 38.1 Å². The maximum absolute atomic E-state index is 12.2. The third-order valence-corrected chi connectivity index (χ3v) is 1.99. The van der Waals surface area contributed by atoms with Gasteiger partial charge in [-0.15, -0.1) is 0 Å². The zero-order chi connectivity index (χ0) is 9.89. The number of hydrogen-bond donors (Lipinski definition) is 2. The van der Waals surface area contributed by atoms with Gasteiger partial charge in [-0.05, 0) is 0 Å². The fourth-order valence-electron chi connectivity index (χ4n) is 0.495. The van der Waals surface area contributed by atoms with Crippen molar-refractivity contribution in [1.82, 2.24) is 0 Å². The van der Waals surface area contributed by atoms with E-state index < -0.39 is 35.3 Å². The smallest absolute Gasteiger partial charge is 0.258 e. The third kappa shape index (κ3) is 3.03. The van der Waals surface area contributed by atoms with E-state index in [1.165, 1.54) is 0 Å². The van der Waals surface area contributed by atoms with Gasteiger partial charge in [0.15, 0.2) is 22.5 Å². The van der Waals surface area contributed by atoms with E-state index in [2.05, 4.69) is 0 Å². The van der Waals surface area contributed by atoms with Crippen LogP contribution < -0.4 is 0 Å². The zero-order valence-corrected chi connectivity index (χ0v) is 6.35. The summed E-state index contributed by atoms with van der Waals surface area (Å²) in [5, 5.41) is 5.15. The van der Waals surface area contributed by atoms with Crippen molar-refractivity contribution in [1.29, 1.82) is 0 Å². The second-order valence-corrected chi connectivity index (χ2v) is 2.99. The molecular formula is C4H6F4O3S. The van der Waals surface area contributed by atoms with Crippen LogP contribution in [0, 0.1) is 0 Å².